The van der Waals surface area contributed by atoms with Gasteiger partial charge < -0.3 is 29.3 Å². The van der Waals surface area contributed by atoms with Gasteiger partial charge in [0.1, 0.15) is 17.4 Å². The van der Waals surface area contributed by atoms with Gasteiger partial charge in [0, 0.05) is 12.6 Å². The lowest BCUT2D eigenvalue weighted by molar-refractivity contribution is -0.199. The Labute approximate surface area is 268 Å². The molecule has 0 bridgehead atoms. The first-order valence-electron chi connectivity index (χ1n) is 15.1. The van der Waals surface area contributed by atoms with Crippen LogP contribution in [0.3, 0.4) is 0 Å². The molecule has 1 N–H and O–H groups in total. The number of likely N-dealkylation sites (N-methyl/N-ethyl adjacent to an activating group) is 1. The van der Waals surface area contributed by atoms with E-state index in [2.05, 4.69) is 10.5 Å². The number of rotatable bonds is 11. The molecule has 0 aliphatic carbocycles. The molecule has 4 rings (SSSR count). The second-order valence-corrected chi connectivity index (χ2v) is 12.5. The summed E-state index contributed by atoms with van der Waals surface area (Å²) in [4.78, 5) is 60.2. The van der Waals surface area contributed by atoms with E-state index in [1.807, 2.05) is 50.2 Å². The number of nitrogens with zero attached hydrogens (tertiary/aromatic N) is 2. The molecule has 0 saturated heterocycles. The van der Waals surface area contributed by atoms with Crippen LogP contribution in [-0.4, -0.2) is 72.0 Å². The second kappa shape index (κ2) is 14.0. The smallest absolute Gasteiger partial charge is 0.360 e. The molecule has 1 unspecified atom stereocenters. The molecule has 1 heterocycles. The average Bonchev–Trinajstić information content (AvgIpc) is 3.44. The van der Waals surface area contributed by atoms with Crippen molar-refractivity contribution in [1.82, 2.24) is 10.2 Å². The van der Waals surface area contributed by atoms with Crippen molar-refractivity contribution in [3.63, 3.8) is 0 Å². The molecule has 0 saturated carbocycles. The molecule has 244 valence electrons. The summed E-state index contributed by atoms with van der Waals surface area (Å²) >= 11 is 0. The summed E-state index contributed by atoms with van der Waals surface area (Å²) in [5.74, 6) is -4.50. The number of hydrogen-bond acceptors (Lipinski definition) is 9. The molecular formula is C35H41N3O8. The van der Waals surface area contributed by atoms with Crippen LogP contribution in [0.5, 0.6) is 5.75 Å². The topological polar surface area (TPSA) is 133 Å². The normalized spacial score (nSPS) is 17.3. The van der Waals surface area contributed by atoms with Crippen molar-refractivity contribution in [2.75, 3.05) is 14.2 Å². The molecule has 11 heteroatoms. The minimum absolute atomic E-state index is 0.151. The maximum Gasteiger partial charge on any atom is 0.360 e. The third kappa shape index (κ3) is 8.01. The Morgan fingerprint density at radius 3 is 2.26 bits per heavy atom. The van der Waals surface area contributed by atoms with E-state index < -0.39 is 47.7 Å². The first-order valence-corrected chi connectivity index (χ1v) is 15.1. The van der Waals surface area contributed by atoms with Crippen LogP contribution in [0.25, 0.3) is 10.8 Å². The lowest BCUT2D eigenvalue weighted by Crippen LogP contribution is -2.57. The number of carbonyl (C=O) groups is 4. The fraction of sp³-hybridized carbons (Fsp3) is 0.400. The van der Waals surface area contributed by atoms with E-state index in [1.54, 1.807) is 57.2 Å². The molecule has 46 heavy (non-hydrogen) atoms. The highest BCUT2D eigenvalue weighted by Gasteiger charge is 2.54. The summed E-state index contributed by atoms with van der Waals surface area (Å²) in [6.07, 6.45) is -0.635. The van der Waals surface area contributed by atoms with Crippen LogP contribution in [0.2, 0.25) is 0 Å². The maximum atomic E-state index is 14.3. The summed E-state index contributed by atoms with van der Waals surface area (Å²) in [5, 5.41) is 9.24. The number of oxime groups is 1. The van der Waals surface area contributed by atoms with Crippen molar-refractivity contribution in [3.8, 4) is 5.75 Å². The molecule has 1 aliphatic heterocycles. The fourth-order valence-corrected chi connectivity index (χ4v) is 5.15. The minimum atomic E-state index is -2.05. The average molecular weight is 632 g/mol. The van der Waals surface area contributed by atoms with Gasteiger partial charge in [0.2, 0.25) is 0 Å². The van der Waals surface area contributed by atoms with Crippen molar-refractivity contribution in [2.24, 2.45) is 11.1 Å². The predicted octanol–water partition coefficient (Wildman–Crippen LogP) is 4.88. The van der Waals surface area contributed by atoms with E-state index >= 15 is 0 Å². The minimum Gasteiger partial charge on any atom is -0.467 e. The summed E-state index contributed by atoms with van der Waals surface area (Å²) in [7, 11) is 2.52. The third-order valence-electron chi connectivity index (χ3n) is 7.44. The van der Waals surface area contributed by atoms with Crippen LogP contribution < -0.4 is 10.1 Å². The summed E-state index contributed by atoms with van der Waals surface area (Å²) < 4.78 is 16.5. The summed E-state index contributed by atoms with van der Waals surface area (Å²) in [6, 6.07) is 19.8. The molecule has 1 aliphatic rings. The van der Waals surface area contributed by atoms with Crippen LogP contribution in [0, 0.1) is 5.92 Å². The van der Waals surface area contributed by atoms with E-state index in [1.165, 1.54) is 7.05 Å². The number of amides is 2. The number of para-hydroxylation sites is 1. The first kappa shape index (κ1) is 34.0. The largest absolute Gasteiger partial charge is 0.467 e. The van der Waals surface area contributed by atoms with Gasteiger partial charge in [-0.2, -0.15) is 0 Å². The van der Waals surface area contributed by atoms with Crippen molar-refractivity contribution < 1.29 is 38.2 Å². The Kier molecular flexibility index (Phi) is 10.3. The zero-order chi connectivity index (χ0) is 33.6. The van der Waals surface area contributed by atoms with Gasteiger partial charge in [-0.05, 0) is 61.7 Å². The standard InChI is InChI=1S/C35H41N3O8/c1-22(2)30(36-31(40)25-18-17-23-13-11-12-14-24(23)19-25)27-21-35(46-37-27,44-26-15-9-8-10-16-26)33(42)38(6)28(32(41)43-7)20-29(39)45-34(3,4)5/h8-19,22,28,30H,20-21H2,1-7H3,(H,36,40)/t28-,30-,35?/m0/s1. The molecule has 0 fully saturated rings. The van der Waals surface area contributed by atoms with Gasteiger partial charge in [-0.15, -0.1) is 0 Å². The first-order chi connectivity index (χ1) is 21.7. The van der Waals surface area contributed by atoms with Crippen LogP contribution in [0.4, 0.5) is 0 Å². The second-order valence-electron chi connectivity index (χ2n) is 12.5. The van der Waals surface area contributed by atoms with Gasteiger partial charge in [-0.3, -0.25) is 14.4 Å². The Balaban J connectivity index is 1.61. The molecule has 11 nitrogen and oxygen atoms in total. The predicted molar refractivity (Wildman–Crippen MR) is 172 cm³/mol. The van der Waals surface area contributed by atoms with Crippen LogP contribution in [0.1, 0.15) is 57.8 Å². The summed E-state index contributed by atoms with van der Waals surface area (Å²) in [6.45, 7) is 8.92. The van der Waals surface area contributed by atoms with Gasteiger partial charge in [0.05, 0.1) is 31.7 Å². The van der Waals surface area contributed by atoms with Crippen LogP contribution in [-0.2, 0) is 28.7 Å². The Morgan fingerprint density at radius 2 is 1.63 bits per heavy atom. The van der Waals surface area contributed by atoms with E-state index in [9.17, 15) is 19.2 Å². The number of carbonyl (C=O) groups excluding carboxylic acids is 4. The van der Waals surface area contributed by atoms with Crippen molar-refractivity contribution >= 4 is 40.2 Å². The number of methoxy groups -OCH3 is 1. The molecule has 0 spiro atoms. The summed E-state index contributed by atoms with van der Waals surface area (Å²) in [5.41, 5.74) is 0.0245. The Hall–Kier alpha value is -4.93. The number of esters is 2. The fourth-order valence-electron chi connectivity index (χ4n) is 5.15. The highest BCUT2D eigenvalue weighted by Crippen LogP contribution is 2.33. The zero-order valence-electron chi connectivity index (χ0n) is 27.2. The van der Waals surface area contributed by atoms with Gasteiger partial charge in [0.15, 0.2) is 0 Å². The van der Waals surface area contributed by atoms with Crippen molar-refractivity contribution in [3.05, 3.63) is 78.4 Å². The zero-order valence-corrected chi connectivity index (χ0v) is 27.2. The quantitative estimate of drug-likeness (QED) is 0.296. The highest BCUT2D eigenvalue weighted by molar-refractivity contribution is 6.04. The third-order valence-corrected chi connectivity index (χ3v) is 7.44. The van der Waals surface area contributed by atoms with E-state index in [0.29, 0.717) is 17.0 Å². The lowest BCUT2D eigenvalue weighted by atomic mass is 9.93. The van der Waals surface area contributed by atoms with Gasteiger partial charge in [0.25, 0.3) is 5.91 Å². The lowest BCUT2D eigenvalue weighted by Gasteiger charge is -2.34. The van der Waals surface area contributed by atoms with Crippen molar-refractivity contribution in [2.45, 2.75) is 70.9 Å². The maximum absolute atomic E-state index is 14.3. The molecule has 3 aromatic carbocycles. The van der Waals surface area contributed by atoms with Crippen molar-refractivity contribution in [1.29, 1.82) is 0 Å². The number of nitrogens with one attached hydrogen (secondary N) is 1. The molecule has 0 radical (unpaired) electrons. The number of hydrogen-bond donors (Lipinski definition) is 1. The van der Waals surface area contributed by atoms with E-state index in [4.69, 9.17) is 19.0 Å². The number of fused-ring (bicyclic) bond motifs is 1. The van der Waals surface area contributed by atoms with Gasteiger partial charge in [-0.1, -0.05) is 67.5 Å². The molecule has 3 atom stereocenters. The Morgan fingerprint density at radius 1 is 0.978 bits per heavy atom. The SMILES string of the molecule is COC(=O)[C@H](CC(=O)OC(C)(C)C)N(C)C(=O)C1(Oc2ccccc2)CC([C@@H](NC(=O)c2ccc3ccccc3c2)C(C)C)=NO1. The molecule has 2 amide bonds. The van der Waals surface area contributed by atoms with E-state index in [-0.39, 0.29) is 18.2 Å². The monoisotopic (exact) mass is 631 g/mol. The van der Waals surface area contributed by atoms with Crippen LogP contribution >= 0.6 is 0 Å². The van der Waals surface area contributed by atoms with Crippen LogP contribution in [0.15, 0.2) is 78.0 Å². The molecule has 3 aromatic rings. The van der Waals surface area contributed by atoms with Gasteiger partial charge >= 0.3 is 23.6 Å². The number of ether oxygens (including phenoxy) is 3. The highest BCUT2D eigenvalue weighted by atomic mass is 16.8. The van der Waals surface area contributed by atoms with Gasteiger partial charge in [-0.25, -0.2) is 4.79 Å². The molecular weight excluding hydrogens is 590 g/mol. The molecule has 0 aromatic heterocycles. The van der Waals surface area contributed by atoms with E-state index in [0.717, 1.165) is 22.8 Å². The Bertz CT molecular complexity index is 1610. The number of benzene rings is 3.